The molecule has 9 nitrogen and oxygen atoms in total. The van der Waals surface area contributed by atoms with Gasteiger partial charge in [-0.1, -0.05) is 78.5 Å². The van der Waals surface area contributed by atoms with Crippen molar-refractivity contribution in [2.75, 3.05) is 5.75 Å². The number of rotatable bonds is 10. The number of ether oxygens (including phenoxy) is 2. The van der Waals surface area contributed by atoms with E-state index in [-0.39, 0.29) is 24.7 Å². The van der Waals surface area contributed by atoms with E-state index in [1.165, 1.54) is 6.33 Å². The third-order valence-electron chi connectivity index (χ3n) is 7.23. The maximum absolute atomic E-state index is 12.4. The van der Waals surface area contributed by atoms with Gasteiger partial charge in [0.15, 0.2) is 11.4 Å². The lowest BCUT2D eigenvalue weighted by Gasteiger charge is -2.36. The lowest BCUT2D eigenvalue weighted by atomic mass is 9.99. The first-order chi connectivity index (χ1) is 21.1. The van der Waals surface area contributed by atoms with Crippen molar-refractivity contribution in [2.24, 2.45) is 0 Å². The molecule has 1 aliphatic rings. The molecule has 218 valence electrons. The van der Waals surface area contributed by atoms with Crippen molar-refractivity contribution >= 4 is 17.7 Å². The normalized spacial score (nSPS) is 18.3. The van der Waals surface area contributed by atoms with Crippen LogP contribution in [0.1, 0.15) is 51.4 Å². The summed E-state index contributed by atoms with van der Waals surface area (Å²) in [5, 5.41) is 20.0. The number of nitrogens with one attached hydrogen (secondary N) is 2. The highest BCUT2D eigenvalue weighted by Crippen LogP contribution is 2.39. The Labute approximate surface area is 253 Å². The average Bonchev–Trinajstić information content (AvgIpc) is 3.61. The Bertz CT molecular complexity index is 1620. The molecule has 1 saturated heterocycles. The second-order valence-electron chi connectivity index (χ2n) is 10.2. The lowest BCUT2D eigenvalue weighted by molar-refractivity contribution is -0.245. The van der Waals surface area contributed by atoms with E-state index in [4.69, 9.17) is 9.47 Å². The van der Waals surface area contributed by atoms with Crippen LogP contribution < -0.4 is 5.32 Å². The number of amides is 1. The van der Waals surface area contributed by atoms with Gasteiger partial charge in [-0.3, -0.25) is 14.9 Å². The third kappa shape index (κ3) is 7.36. The number of pyridine rings is 1. The molecule has 1 aliphatic heterocycles. The van der Waals surface area contributed by atoms with Gasteiger partial charge >= 0.3 is 0 Å². The number of hydrogen-bond donors (Lipinski definition) is 3. The van der Waals surface area contributed by atoms with Crippen LogP contribution in [0, 0.1) is 0 Å². The largest absolute Gasteiger partial charge is 0.392 e. The fourth-order valence-corrected chi connectivity index (χ4v) is 5.73. The van der Waals surface area contributed by atoms with Crippen molar-refractivity contribution in [3.05, 3.63) is 131 Å². The Morgan fingerprint density at radius 2 is 1.79 bits per heavy atom. The van der Waals surface area contributed by atoms with E-state index in [0.29, 0.717) is 24.3 Å². The van der Waals surface area contributed by atoms with E-state index in [1.807, 2.05) is 48.5 Å². The Morgan fingerprint density at radius 3 is 2.53 bits per heavy atom. The van der Waals surface area contributed by atoms with Crippen LogP contribution in [0.5, 0.6) is 0 Å². The second-order valence-corrected chi connectivity index (χ2v) is 11.2. The summed E-state index contributed by atoms with van der Waals surface area (Å²) in [4.78, 5) is 20.7. The van der Waals surface area contributed by atoms with E-state index in [9.17, 15) is 9.90 Å². The van der Waals surface area contributed by atoms with Crippen molar-refractivity contribution in [2.45, 2.75) is 43.2 Å². The smallest absolute Gasteiger partial charge is 0.253 e. The Hall–Kier alpha value is -4.35. The van der Waals surface area contributed by atoms with Crippen LogP contribution in [-0.2, 0) is 22.6 Å². The minimum Gasteiger partial charge on any atom is -0.392 e. The molecular formula is C33H31N5O4S. The summed E-state index contributed by atoms with van der Waals surface area (Å²) in [6, 6.07) is 27.7. The third-order valence-corrected chi connectivity index (χ3v) is 8.24. The first-order valence-corrected chi connectivity index (χ1v) is 15.0. The van der Waals surface area contributed by atoms with E-state index in [2.05, 4.69) is 49.7 Å². The minimum absolute atomic E-state index is 0.00326. The fourth-order valence-electron chi connectivity index (χ4n) is 4.93. The van der Waals surface area contributed by atoms with Gasteiger partial charge in [0, 0.05) is 36.7 Å². The molecule has 0 spiro atoms. The van der Waals surface area contributed by atoms with Gasteiger partial charge in [-0.15, -0.1) is 0 Å². The standard InChI is InChI=1S/C33H31N5O4S/c39-19-22-6-8-25(9-7-22)30-16-29(20-43-33-36-21-37-38-33)41-32(42-30)26-12-10-24(11-13-26)27-4-1-3-23(15-27)17-35-31(40)28-5-2-14-34-18-28/h1-15,18,21,29-30,32,39H,16-17,19-20H2,(H,35,40)(H,36,37,38). The molecule has 3 heterocycles. The van der Waals surface area contributed by atoms with Crippen LogP contribution in [-0.4, -0.2) is 43.0 Å². The van der Waals surface area contributed by atoms with Crippen LogP contribution in [0.3, 0.4) is 0 Å². The maximum Gasteiger partial charge on any atom is 0.253 e. The number of aliphatic hydroxyl groups is 1. The number of aromatic nitrogens is 4. The molecule has 3 N–H and O–H groups in total. The van der Waals surface area contributed by atoms with Gasteiger partial charge in [0.2, 0.25) is 0 Å². The molecule has 3 unspecified atom stereocenters. The van der Waals surface area contributed by atoms with Gasteiger partial charge in [0.25, 0.3) is 5.91 Å². The molecule has 0 saturated carbocycles. The molecule has 3 atom stereocenters. The van der Waals surface area contributed by atoms with E-state index in [0.717, 1.165) is 38.5 Å². The van der Waals surface area contributed by atoms with Gasteiger partial charge in [-0.2, -0.15) is 5.10 Å². The number of carbonyl (C=O) groups is 1. The number of thioether (sulfide) groups is 1. The summed E-state index contributed by atoms with van der Waals surface area (Å²) in [5.74, 6) is 0.540. The summed E-state index contributed by atoms with van der Waals surface area (Å²) >= 11 is 1.57. The zero-order chi connectivity index (χ0) is 29.4. The van der Waals surface area contributed by atoms with Gasteiger partial charge in [-0.25, -0.2) is 4.98 Å². The predicted molar refractivity (Wildman–Crippen MR) is 163 cm³/mol. The molecule has 0 bridgehead atoms. The van der Waals surface area contributed by atoms with Crippen molar-refractivity contribution in [3.63, 3.8) is 0 Å². The molecule has 1 fully saturated rings. The van der Waals surface area contributed by atoms with Gasteiger partial charge in [0.05, 0.1) is 24.4 Å². The fraction of sp³-hybridized carbons (Fsp3) is 0.212. The quantitative estimate of drug-likeness (QED) is 0.178. The number of aromatic amines is 1. The molecule has 6 rings (SSSR count). The topological polar surface area (TPSA) is 122 Å². The van der Waals surface area contributed by atoms with E-state index < -0.39 is 6.29 Å². The van der Waals surface area contributed by atoms with Crippen molar-refractivity contribution in [3.8, 4) is 11.1 Å². The molecule has 1 amide bonds. The van der Waals surface area contributed by atoms with Gasteiger partial charge < -0.3 is 19.9 Å². The highest BCUT2D eigenvalue weighted by molar-refractivity contribution is 7.99. The Morgan fingerprint density at radius 1 is 0.953 bits per heavy atom. The van der Waals surface area contributed by atoms with Crippen LogP contribution in [0.2, 0.25) is 0 Å². The summed E-state index contributed by atoms with van der Waals surface area (Å²) in [7, 11) is 0. The van der Waals surface area contributed by atoms with Crippen LogP contribution in [0.15, 0.2) is 109 Å². The van der Waals surface area contributed by atoms with Crippen molar-refractivity contribution in [1.82, 2.24) is 25.5 Å². The lowest BCUT2D eigenvalue weighted by Crippen LogP contribution is -2.31. The first-order valence-electron chi connectivity index (χ1n) is 14.0. The van der Waals surface area contributed by atoms with Gasteiger partial charge in [-0.05, 0) is 46.0 Å². The van der Waals surface area contributed by atoms with Crippen molar-refractivity contribution < 1.29 is 19.4 Å². The second kappa shape index (κ2) is 13.7. The highest BCUT2D eigenvalue weighted by Gasteiger charge is 2.32. The van der Waals surface area contributed by atoms with Gasteiger partial charge in [0.1, 0.15) is 6.33 Å². The summed E-state index contributed by atoms with van der Waals surface area (Å²) in [5.41, 5.74) is 6.46. The summed E-state index contributed by atoms with van der Waals surface area (Å²) in [6.45, 7) is 0.417. The molecular weight excluding hydrogens is 562 g/mol. The average molecular weight is 594 g/mol. The zero-order valence-corrected chi connectivity index (χ0v) is 24.1. The van der Waals surface area contributed by atoms with Crippen molar-refractivity contribution in [1.29, 1.82) is 0 Å². The highest BCUT2D eigenvalue weighted by atomic mass is 32.2. The molecule has 10 heteroatoms. The molecule has 2 aromatic heterocycles. The zero-order valence-electron chi connectivity index (χ0n) is 23.3. The number of benzene rings is 3. The summed E-state index contributed by atoms with van der Waals surface area (Å²) in [6.07, 6.45) is 4.61. The van der Waals surface area contributed by atoms with Crippen LogP contribution in [0.25, 0.3) is 11.1 Å². The molecule has 0 radical (unpaired) electrons. The van der Waals surface area contributed by atoms with Crippen LogP contribution >= 0.6 is 11.8 Å². The molecule has 3 aromatic carbocycles. The van der Waals surface area contributed by atoms with E-state index in [1.54, 1.807) is 36.3 Å². The number of nitrogens with zero attached hydrogens (tertiary/aromatic N) is 3. The van der Waals surface area contributed by atoms with Crippen LogP contribution in [0.4, 0.5) is 0 Å². The minimum atomic E-state index is -0.542. The predicted octanol–water partition coefficient (Wildman–Crippen LogP) is 5.63. The molecule has 43 heavy (non-hydrogen) atoms. The monoisotopic (exact) mass is 593 g/mol. The Balaban J connectivity index is 1.15. The number of H-pyrrole nitrogens is 1. The first kappa shape index (κ1) is 28.8. The SMILES string of the molecule is O=C(NCc1cccc(-c2ccc(C3OC(CSc4ncn[nH]4)CC(c4ccc(CO)cc4)O3)cc2)c1)c1cccnc1. The maximum atomic E-state index is 12.4. The summed E-state index contributed by atoms with van der Waals surface area (Å²) < 4.78 is 12.9. The number of aliphatic hydroxyl groups excluding tert-OH is 1. The molecule has 5 aromatic rings. The molecule has 0 aliphatic carbocycles. The number of carbonyl (C=O) groups excluding carboxylic acids is 1. The Kier molecular flexibility index (Phi) is 9.19. The number of hydrogen-bond acceptors (Lipinski definition) is 8. The van der Waals surface area contributed by atoms with E-state index >= 15 is 0 Å².